The lowest BCUT2D eigenvalue weighted by Gasteiger charge is -2.15. The predicted octanol–water partition coefficient (Wildman–Crippen LogP) is 2.78. The minimum Gasteiger partial charge on any atom is -0.328 e. The number of rotatable bonds is 3. The molecule has 0 fully saturated rings. The predicted molar refractivity (Wildman–Crippen MR) is 57.9 cm³/mol. The first kappa shape index (κ1) is 11.2. The van der Waals surface area contributed by atoms with Crippen LogP contribution in [0.1, 0.15) is 31.9 Å². The second-order valence-corrected chi connectivity index (χ2v) is 4.35. The van der Waals surface area contributed by atoms with Crippen LogP contribution < -0.4 is 5.73 Å². The van der Waals surface area contributed by atoms with Gasteiger partial charge in [0.25, 0.3) is 0 Å². The number of hydrogen-bond donors (Lipinski definition) is 1. The van der Waals surface area contributed by atoms with Gasteiger partial charge in [-0.3, -0.25) is 0 Å². The number of benzene rings is 1. The van der Waals surface area contributed by atoms with Crippen molar-refractivity contribution in [3.05, 3.63) is 35.4 Å². The van der Waals surface area contributed by atoms with Gasteiger partial charge < -0.3 is 5.73 Å². The van der Waals surface area contributed by atoms with Gasteiger partial charge in [0.15, 0.2) is 0 Å². The summed E-state index contributed by atoms with van der Waals surface area (Å²) in [7, 11) is 0. The Labute approximate surface area is 85.1 Å². The highest BCUT2D eigenvalue weighted by Gasteiger charge is 2.17. The molecule has 2 N–H and O–H groups in total. The zero-order chi connectivity index (χ0) is 10.8. The zero-order valence-electron chi connectivity index (χ0n) is 9.05. The molecule has 1 nitrogen and oxygen atoms in total. The highest BCUT2D eigenvalue weighted by atomic mass is 19.1. The summed E-state index contributed by atoms with van der Waals surface area (Å²) < 4.78 is 13.5. The maximum absolute atomic E-state index is 13.5. The van der Waals surface area contributed by atoms with Crippen LogP contribution in [0.15, 0.2) is 24.3 Å². The minimum atomic E-state index is -1.26. The van der Waals surface area contributed by atoms with E-state index in [-0.39, 0.29) is 6.04 Å². The number of nitrogens with two attached hydrogens (primary N) is 1. The molecule has 0 saturated heterocycles. The summed E-state index contributed by atoms with van der Waals surface area (Å²) in [5.41, 5.74) is 6.29. The molecule has 14 heavy (non-hydrogen) atoms. The maximum Gasteiger partial charge on any atom is 0.130 e. The fraction of sp³-hybridized carbons (Fsp3) is 0.500. The average Bonchev–Trinajstić information content (AvgIpc) is 2.02. The van der Waals surface area contributed by atoms with E-state index in [1.54, 1.807) is 13.8 Å². The van der Waals surface area contributed by atoms with E-state index >= 15 is 0 Å². The van der Waals surface area contributed by atoms with Crippen molar-refractivity contribution in [2.75, 3.05) is 0 Å². The van der Waals surface area contributed by atoms with Crippen molar-refractivity contribution in [3.8, 4) is 0 Å². The van der Waals surface area contributed by atoms with E-state index in [1.165, 1.54) is 0 Å². The van der Waals surface area contributed by atoms with Crippen molar-refractivity contribution >= 4 is 0 Å². The third-order valence-corrected chi connectivity index (χ3v) is 2.20. The first-order valence-electron chi connectivity index (χ1n) is 4.93. The smallest absolute Gasteiger partial charge is 0.130 e. The molecule has 0 aliphatic rings. The fourth-order valence-corrected chi connectivity index (χ4v) is 1.41. The Kier molecular flexibility index (Phi) is 3.27. The van der Waals surface area contributed by atoms with Crippen molar-refractivity contribution in [1.29, 1.82) is 0 Å². The Hall–Kier alpha value is -0.890. The summed E-state index contributed by atoms with van der Waals surface area (Å²) in [6.45, 7) is 5.09. The van der Waals surface area contributed by atoms with Crippen LogP contribution in [0, 0.1) is 0 Å². The summed E-state index contributed by atoms with van der Waals surface area (Å²) in [5, 5.41) is 0. The average molecular weight is 195 g/mol. The van der Waals surface area contributed by atoms with Gasteiger partial charge in [0, 0.05) is 6.04 Å². The monoisotopic (exact) mass is 195 g/mol. The van der Waals surface area contributed by atoms with Gasteiger partial charge in [-0.1, -0.05) is 24.3 Å². The highest BCUT2D eigenvalue weighted by Crippen LogP contribution is 2.24. The van der Waals surface area contributed by atoms with Crippen molar-refractivity contribution in [2.24, 2.45) is 5.73 Å². The molecule has 0 heterocycles. The Morgan fingerprint density at radius 1 is 1.29 bits per heavy atom. The molecule has 1 atom stereocenters. The van der Waals surface area contributed by atoms with E-state index in [1.807, 2.05) is 31.2 Å². The summed E-state index contributed by atoms with van der Waals surface area (Å²) >= 11 is 0. The van der Waals surface area contributed by atoms with Gasteiger partial charge >= 0.3 is 0 Å². The molecule has 2 heteroatoms. The van der Waals surface area contributed by atoms with E-state index < -0.39 is 5.67 Å². The lowest BCUT2D eigenvalue weighted by molar-refractivity contribution is 0.221. The zero-order valence-corrected chi connectivity index (χ0v) is 9.05. The van der Waals surface area contributed by atoms with Crippen LogP contribution in [0.5, 0.6) is 0 Å². The van der Waals surface area contributed by atoms with Crippen molar-refractivity contribution in [3.63, 3.8) is 0 Å². The molecule has 1 aromatic carbocycles. The number of halogens is 1. The number of hydrogen-bond acceptors (Lipinski definition) is 1. The van der Waals surface area contributed by atoms with Crippen LogP contribution in [-0.4, -0.2) is 6.04 Å². The molecule has 0 saturated carbocycles. The third-order valence-electron chi connectivity index (χ3n) is 2.20. The van der Waals surface area contributed by atoms with Gasteiger partial charge in [0.05, 0.1) is 0 Å². The van der Waals surface area contributed by atoms with Gasteiger partial charge in [-0.2, -0.15) is 0 Å². The molecule has 1 aromatic rings. The normalized spacial score (nSPS) is 14.1. The van der Waals surface area contributed by atoms with E-state index in [0.717, 1.165) is 12.0 Å². The minimum absolute atomic E-state index is 0.152. The first-order valence-corrected chi connectivity index (χ1v) is 4.93. The van der Waals surface area contributed by atoms with E-state index in [4.69, 9.17) is 5.73 Å². The Balaban J connectivity index is 2.79. The Morgan fingerprint density at radius 3 is 2.14 bits per heavy atom. The number of alkyl halides is 1. The molecule has 78 valence electrons. The molecular weight excluding hydrogens is 177 g/mol. The molecule has 0 aliphatic heterocycles. The van der Waals surface area contributed by atoms with Gasteiger partial charge in [-0.15, -0.1) is 0 Å². The van der Waals surface area contributed by atoms with Crippen molar-refractivity contribution < 1.29 is 4.39 Å². The molecule has 0 aliphatic carbocycles. The van der Waals surface area contributed by atoms with Crippen molar-refractivity contribution in [1.82, 2.24) is 0 Å². The highest BCUT2D eigenvalue weighted by molar-refractivity contribution is 5.26. The quantitative estimate of drug-likeness (QED) is 0.788. The van der Waals surface area contributed by atoms with Crippen LogP contribution in [-0.2, 0) is 12.1 Å². The first-order chi connectivity index (χ1) is 6.39. The molecule has 0 bridgehead atoms. The van der Waals surface area contributed by atoms with Gasteiger partial charge in [-0.05, 0) is 38.3 Å². The van der Waals surface area contributed by atoms with Crippen LogP contribution in [0.3, 0.4) is 0 Å². The second kappa shape index (κ2) is 4.09. The van der Waals surface area contributed by atoms with Gasteiger partial charge in [0.1, 0.15) is 5.67 Å². The summed E-state index contributed by atoms with van der Waals surface area (Å²) in [5.74, 6) is 0. The van der Waals surface area contributed by atoms with Crippen LogP contribution in [0.25, 0.3) is 0 Å². The lowest BCUT2D eigenvalue weighted by atomic mass is 9.97. The SMILES string of the molecule is CC(N)Cc1ccc(C(C)(C)F)cc1. The lowest BCUT2D eigenvalue weighted by Crippen LogP contribution is -2.18. The van der Waals surface area contributed by atoms with Gasteiger partial charge in [0.2, 0.25) is 0 Å². The van der Waals surface area contributed by atoms with E-state index in [9.17, 15) is 4.39 Å². The molecule has 1 unspecified atom stereocenters. The molecule has 0 radical (unpaired) electrons. The molecular formula is C12H18FN. The van der Waals surface area contributed by atoms with E-state index in [2.05, 4.69) is 0 Å². The van der Waals surface area contributed by atoms with E-state index in [0.29, 0.717) is 5.56 Å². The van der Waals surface area contributed by atoms with Crippen LogP contribution >= 0.6 is 0 Å². The summed E-state index contributed by atoms with van der Waals surface area (Å²) in [4.78, 5) is 0. The molecule has 1 rings (SSSR count). The summed E-state index contributed by atoms with van der Waals surface area (Å²) in [6, 6.07) is 7.70. The molecule has 0 aromatic heterocycles. The van der Waals surface area contributed by atoms with Crippen LogP contribution in [0.2, 0.25) is 0 Å². The van der Waals surface area contributed by atoms with Crippen molar-refractivity contribution in [2.45, 2.75) is 38.9 Å². The molecule has 0 amide bonds. The largest absolute Gasteiger partial charge is 0.328 e. The summed E-state index contributed by atoms with van der Waals surface area (Å²) in [6.07, 6.45) is 0.840. The second-order valence-electron chi connectivity index (χ2n) is 4.35. The fourth-order valence-electron chi connectivity index (χ4n) is 1.41. The van der Waals surface area contributed by atoms with Crippen LogP contribution in [0.4, 0.5) is 4.39 Å². The Morgan fingerprint density at radius 2 is 1.79 bits per heavy atom. The molecule has 0 spiro atoms. The topological polar surface area (TPSA) is 26.0 Å². The third kappa shape index (κ3) is 3.11. The standard InChI is InChI=1S/C12H18FN/c1-9(14)8-10-4-6-11(7-5-10)12(2,3)13/h4-7,9H,8,14H2,1-3H3. The maximum atomic E-state index is 13.5. The Bertz CT molecular complexity index is 282. The van der Waals surface area contributed by atoms with Gasteiger partial charge in [-0.25, -0.2) is 4.39 Å².